The zero-order valence-corrected chi connectivity index (χ0v) is 18.0. The fourth-order valence-electron chi connectivity index (χ4n) is 2.46. The molecule has 0 saturated heterocycles. The molecule has 2 aromatic carbocycles. The number of carboxylic acids is 1. The van der Waals surface area contributed by atoms with Gasteiger partial charge in [0.1, 0.15) is 5.75 Å². The van der Waals surface area contributed by atoms with Crippen molar-refractivity contribution in [3.63, 3.8) is 0 Å². The lowest BCUT2D eigenvalue weighted by Crippen LogP contribution is -2.12. The molecule has 3 aromatic rings. The Hall–Kier alpha value is -4.32. The number of nitrogens with zero attached hydrogens (tertiary/aromatic N) is 2. The fourth-order valence-corrected chi connectivity index (χ4v) is 3.09. The average molecular weight is 470 g/mol. The summed E-state index contributed by atoms with van der Waals surface area (Å²) in [5.74, 6) is -2.35. The van der Waals surface area contributed by atoms with Crippen LogP contribution >= 0.6 is 11.3 Å². The second-order valence-corrected chi connectivity index (χ2v) is 7.30. The molecule has 3 N–H and O–H groups in total. The second kappa shape index (κ2) is 10.8. The van der Waals surface area contributed by atoms with Crippen molar-refractivity contribution in [1.82, 2.24) is 10.2 Å². The number of aromatic nitrogens is 2. The van der Waals surface area contributed by atoms with Gasteiger partial charge < -0.3 is 25.2 Å². The zero-order valence-electron chi connectivity index (χ0n) is 17.2. The normalized spacial score (nSPS) is 10.2. The van der Waals surface area contributed by atoms with Gasteiger partial charge in [0, 0.05) is 11.4 Å². The third-order valence-corrected chi connectivity index (χ3v) is 4.86. The number of anilines is 2. The molecule has 0 radical (unpaired) electrons. The Bertz CT molecular complexity index is 1160. The van der Waals surface area contributed by atoms with Crippen molar-refractivity contribution in [3.05, 3.63) is 64.1 Å². The molecule has 0 bridgehead atoms. The number of benzene rings is 2. The number of hydrogen-bond acceptors (Lipinski definition) is 9. The predicted octanol–water partition coefficient (Wildman–Crippen LogP) is 2.68. The van der Waals surface area contributed by atoms with E-state index in [1.165, 1.54) is 36.4 Å². The number of carbonyl (C=O) groups excluding carboxylic acids is 3. The van der Waals surface area contributed by atoms with Gasteiger partial charge in [0.05, 0.1) is 12.2 Å². The highest BCUT2D eigenvalue weighted by molar-refractivity contribution is 7.15. The Morgan fingerprint density at radius 2 is 1.39 bits per heavy atom. The monoisotopic (exact) mass is 470 g/mol. The first-order valence-corrected chi connectivity index (χ1v) is 10.4. The summed E-state index contributed by atoms with van der Waals surface area (Å²) in [6.07, 6.45) is 0. The molecule has 0 fully saturated rings. The highest BCUT2D eigenvalue weighted by Crippen LogP contribution is 2.19. The lowest BCUT2D eigenvalue weighted by atomic mass is 10.2. The predicted molar refractivity (Wildman–Crippen MR) is 118 cm³/mol. The van der Waals surface area contributed by atoms with Gasteiger partial charge in [-0.3, -0.25) is 9.59 Å². The summed E-state index contributed by atoms with van der Waals surface area (Å²) in [7, 11) is 0. The topological polar surface area (TPSA) is 157 Å². The van der Waals surface area contributed by atoms with Crippen molar-refractivity contribution in [2.24, 2.45) is 0 Å². The van der Waals surface area contributed by atoms with Gasteiger partial charge in [0.2, 0.25) is 10.0 Å². The summed E-state index contributed by atoms with van der Waals surface area (Å²) in [6, 6.07) is 12.2. The van der Waals surface area contributed by atoms with E-state index in [4.69, 9.17) is 14.6 Å². The summed E-state index contributed by atoms with van der Waals surface area (Å²) in [5.41, 5.74) is 1.20. The number of nitrogens with one attached hydrogen (secondary N) is 2. The van der Waals surface area contributed by atoms with Crippen molar-refractivity contribution in [1.29, 1.82) is 0 Å². The maximum atomic E-state index is 12.4. The number of rotatable bonds is 9. The quantitative estimate of drug-likeness (QED) is 0.400. The van der Waals surface area contributed by atoms with Gasteiger partial charge in [0.25, 0.3) is 11.8 Å². The van der Waals surface area contributed by atoms with Crippen molar-refractivity contribution in [2.75, 3.05) is 23.8 Å². The molecule has 0 atom stereocenters. The smallest absolute Gasteiger partial charge is 0.341 e. The molecular weight excluding hydrogens is 452 g/mol. The fraction of sp³-hybridized carbons (Fsp3) is 0.143. The molecule has 12 heteroatoms. The van der Waals surface area contributed by atoms with E-state index in [-0.39, 0.29) is 16.6 Å². The minimum absolute atomic E-state index is 0.0213. The molecule has 1 aromatic heterocycles. The number of hydrogen-bond donors (Lipinski definition) is 3. The van der Waals surface area contributed by atoms with Gasteiger partial charge in [-0.05, 0) is 55.5 Å². The Kier molecular flexibility index (Phi) is 7.65. The minimum atomic E-state index is -1.10. The Morgan fingerprint density at radius 3 is 1.88 bits per heavy atom. The van der Waals surface area contributed by atoms with Gasteiger partial charge in [-0.15, -0.1) is 10.2 Å². The van der Waals surface area contributed by atoms with Crippen LogP contribution in [0.5, 0.6) is 5.75 Å². The van der Waals surface area contributed by atoms with E-state index in [2.05, 4.69) is 20.8 Å². The minimum Gasteiger partial charge on any atom is -0.482 e. The van der Waals surface area contributed by atoms with Gasteiger partial charge in [-0.25, -0.2) is 9.59 Å². The molecular formula is C21H18N4O7S. The van der Waals surface area contributed by atoms with Crippen LogP contribution in [0.3, 0.4) is 0 Å². The number of carbonyl (C=O) groups is 4. The number of esters is 1. The molecule has 0 aliphatic carbocycles. The number of aliphatic carboxylic acids is 1. The third kappa shape index (κ3) is 6.58. The van der Waals surface area contributed by atoms with E-state index in [1.54, 1.807) is 19.1 Å². The Morgan fingerprint density at radius 1 is 0.879 bits per heavy atom. The molecule has 0 aliphatic rings. The van der Waals surface area contributed by atoms with Gasteiger partial charge in [0.15, 0.2) is 6.61 Å². The molecule has 0 aliphatic heterocycles. The highest BCUT2D eigenvalue weighted by atomic mass is 32.1. The first-order chi connectivity index (χ1) is 15.9. The Balaban J connectivity index is 1.57. The van der Waals surface area contributed by atoms with E-state index in [0.717, 1.165) is 11.3 Å². The second-order valence-electron chi connectivity index (χ2n) is 6.33. The number of ether oxygens (including phenoxy) is 2. The zero-order chi connectivity index (χ0) is 23.8. The SMILES string of the molecule is CCOC(=O)c1ccc(NC(=O)c2nnc(C(=O)Nc3ccc(OCC(=O)O)cc3)s2)cc1. The van der Waals surface area contributed by atoms with Crippen LogP contribution in [0.25, 0.3) is 0 Å². The van der Waals surface area contributed by atoms with Crippen molar-refractivity contribution >= 4 is 46.5 Å². The van der Waals surface area contributed by atoms with Gasteiger partial charge in [-0.1, -0.05) is 11.3 Å². The van der Waals surface area contributed by atoms with Crippen LogP contribution in [-0.4, -0.2) is 52.3 Å². The average Bonchev–Trinajstić information content (AvgIpc) is 3.30. The highest BCUT2D eigenvalue weighted by Gasteiger charge is 2.18. The van der Waals surface area contributed by atoms with Crippen molar-refractivity contribution in [2.45, 2.75) is 6.92 Å². The summed E-state index contributed by atoms with van der Waals surface area (Å²) < 4.78 is 9.92. The standard InChI is InChI=1S/C21H18N4O7S/c1-2-31-21(30)12-3-5-13(6-4-12)22-17(28)19-24-25-20(33-19)18(29)23-14-7-9-15(10-8-14)32-11-16(26)27/h3-10H,2,11H2,1H3,(H,22,28)(H,23,29)(H,26,27). The molecule has 33 heavy (non-hydrogen) atoms. The molecule has 2 amide bonds. The van der Waals surface area contributed by atoms with Crippen LogP contribution in [0.15, 0.2) is 48.5 Å². The van der Waals surface area contributed by atoms with Crippen LogP contribution in [0.2, 0.25) is 0 Å². The maximum absolute atomic E-state index is 12.4. The molecule has 11 nitrogen and oxygen atoms in total. The molecule has 170 valence electrons. The van der Waals surface area contributed by atoms with Crippen molar-refractivity contribution in [3.8, 4) is 5.75 Å². The van der Waals surface area contributed by atoms with E-state index in [0.29, 0.717) is 22.7 Å². The first-order valence-electron chi connectivity index (χ1n) is 9.53. The van der Waals surface area contributed by atoms with E-state index >= 15 is 0 Å². The van der Waals surface area contributed by atoms with Crippen LogP contribution in [0.1, 0.15) is 36.9 Å². The maximum Gasteiger partial charge on any atom is 0.341 e. The van der Waals surface area contributed by atoms with Gasteiger partial charge >= 0.3 is 11.9 Å². The summed E-state index contributed by atoms with van der Waals surface area (Å²) in [6.45, 7) is 1.49. The molecule has 0 unspecified atom stereocenters. The summed E-state index contributed by atoms with van der Waals surface area (Å²) in [5, 5.41) is 21.3. The van der Waals surface area contributed by atoms with Gasteiger partial charge in [-0.2, -0.15) is 0 Å². The lowest BCUT2D eigenvalue weighted by Gasteiger charge is -2.05. The lowest BCUT2D eigenvalue weighted by molar-refractivity contribution is -0.139. The van der Waals surface area contributed by atoms with Crippen LogP contribution in [0, 0.1) is 0 Å². The largest absolute Gasteiger partial charge is 0.482 e. The summed E-state index contributed by atoms with van der Waals surface area (Å²) >= 11 is 0.806. The number of amides is 2. The van der Waals surface area contributed by atoms with Crippen LogP contribution < -0.4 is 15.4 Å². The third-order valence-electron chi connectivity index (χ3n) is 3.94. The number of carboxylic acid groups (broad SMARTS) is 1. The van der Waals surface area contributed by atoms with Crippen LogP contribution in [0.4, 0.5) is 11.4 Å². The molecule has 3 rings (SSSR count). The summed E-state index contributed by atoms with van der Waals surface area (Å²) in [4.78, 5) is 47.0. The van der Waals surface area contributed by atoms with Crippen molar-refractivity contribution < 1.29 is 33.8 Å². The van der Waals surface area contributed by atoms with E-state index < -0.39 is 30.4 Å². The van der Waals surface area contributed by atoms with Crippen LogP contribution in [-0.2, 0) is 9.53 Å². The molecule has 1 heterocycles. The van der Waals surface area contributed by atoms with E-state index in [1.807, 2.05) is 0 Å². The molecule has 0 saturated carbocycles. The Labute approximate surface area is 191 Å². The molecule has 0 spiro atoms. The first kappa shape index (κ1) is 23.3. The van der Waals surface area contributed by atoms with E-state index in [9.17, 15) is 19.2 Å².